The molecule has 0 aromatic carbocycles. The largest absolute Gasteiger partial charge is 0.305 e. The van der Waals surface area contributed by atoms with E-state index in [0.29, 0.717) is 0 Å². The number of nitrogens with zero attached hydrogens (tertiary/aromatic N) is 6. The van der Waals surface area contributed by atoms with Crippen LogP contribution in [0.3, 0.4) is 0 Å². The molecule has 6 nitrogen and oxygen atoms in total. The molecule has 0 atom stereocenters. The molecule has 0 spiro atoms. The van der Waals surface area contributed by atoms with Gasteiger partial charge in [0.25, 0.3) is 0 Å². The van der Waals surface area contributed by atoms with Gasteiger partial charge in [-0.3, -0.25) is 4.98 Å². The zero-order chi connectivity index (χ0) is 13.2. The smallest absolute Gasteiger partial charge is 0.198 e. The lowest BCUT2D eigenvalue weighted by Gasteiger charge is -2.01. The third-order valence-corrected chi connectivity index (χ3v) is 4.34. The molecule has 3 rings (SSSR count). The van der Waals surface area contributed by atoms with Crippen molar-refractivity contribution in [1.82, 2.24) is 29.1 Å². The van der Waals surface area contributed by atoms with Gasteiger partial charge in [-0.15, -0.1) is 10.2 Å². The van der Waals surface area contributed by atoms with E-state index in [0.717, 1.165) is 26.7 Å². The first-order valence-corrected chi connectivity index (χ1v) is 7.11. The molecular formula is C11H10N6S2. The van der Waals surface area contributed by atoms with Crippen LogP contribution in [-0.4, -0.2) is 29.1 Å². The van der Waals surface area contributed by atoms with Crippen molar-refractivity contribution >= 4 is 23.3 Å². The zero-order valence-electron chi connectivity index (χ0n) is 10.3. The van der Waals surface area contributed by atoms with Gasteiger partial charge in [0, 0.05) is 25.0 Å². The van der Waals surface area contributed by atoms with Crippen molar-refractivity contribution in [1.29, 1.82) is 0 Å². The SMILES string of the molecule is Cc1nsc(Sc2nnc(-c3ccncc3)n2C)n1. The molecule has 19 heavy (non-hydrogen) atoms. The fraction of sp³-hybridized carbons (Fsp3) is 0.182. The second-order valence-corrected chi connectivity index (χ2v) is 5.78. The van der Waals surface area contributed by atoms with Gasteiger partial charge in [0.15, 0.2) is 15.3 Å². The Hall–Kier alpha value is -1.80. The summed E-state index contributed by atoms with van der Waals surface area (Å²) in [7, 11) is 1.94. The first-order valence-electron chi connectivity index (χ1n) is 5.52. The van der Waals surface area contributed by atoms with E-state index in [9.17, 15) is 0 Å². The van der Waals surface area contributed by atoms with Crippen LogP contribution >= 0.6 is 23.3 Å². The van der Waals surface area contributed by atoms with Gasteiger partial charge in [-0.2, -0.15) is 4.37 Å². The third-order valence-electron chi connectivity index (χ3n) is 2.46. The number of aromatic nitrogens is 6. The summed E-state index contributed by atoms with van der Waals surface area (Å²) < 4.78 is 6.96. The van der Waals surface area contributed by atoms with Crippen molar-refractivity contribution in [3.63, 3.8) is 0 Å². The van der Waals surface area contributed by atoms with Crippen LogP contribution in [0.1, 0.15) is 5.82 Å². The van der Waals surface area contributed by atoms with E-state index in [2.05, 4.69) is 24.5 Å². The van der Waals surface area contributed by atoms with Crippen LogP contribution in [0.15, 0.2) is 34.0 Å². The lowest BCUT2D eigenvalue weighted by molar-refractivity contribution is 0.793. The highest BCUT2D eigenvalue weighted by atomic mass is 32.2. The predicted molar refractivity (Wildman–Crippen MR) is 73.0 cm³/mol. The molecule has 0 radical (unpaired) electrons. The molecule has 0 unspecified atom stereocenters. The molecular weight excluding hydrogens is 280 g/mol. The summed E-state index contributed by atoms with van der Waals surface area (Å²) >= 11 is 2.84. The Labute approximate surface area is 118 Å². The summed E-state index contributed by atoms with van der Waals surface area (Å²) in [5.41, 5.74) is 0.991. The highest BCUT2D eigenvalue weighted by Gasteiger charge is 2.13. The lowest BCUT2D eigenvalue weighted by Crippen LogP contribution is -1.94. The van der Waals surface area contributed by atoms with Gasteiger partial charge < -0.3 is 4.57 Å². The number of hydrogen-bond acceptors (Lipinski definition) is 7. The van der Waals surface area contributed by atoms with E-state index in [1.165, 1.54) is 23.3 Å². The lowest BCUT2D eigenvalue weighted by atomic mass is 10.2. The van der Waals surface area contributed by atoms with Crippen molar-refractivity contribution in [2.24, 2.45) is 7.05 Å². The summed E-state index contributed by atoms with van der Waals surface area (Å²) in [6.07, 6.45) is 3.48. The topological polar surface area (TPSA) is 69.4 Å². The van der Waals surface area contributed by atoms with Crippen molar-refractivity contribution in [3.8, 4) is 11.4 Å². The second-order valence-electron chi connectivity index (χ2n) is 3.81. The maximum atomic E-state index is 4.31. The predicted octanol–water partition coefficient (Wildman–Crippen LogP) is 2.19. The Morgan fingerprint density at radius 2 is 2.00 bits per heavy atom. The average Bonchev–Trinajstić information content (AvgIpc) is 2.99. The zero-order valence-corrected chi connectivity index (χ0v) is 11.9. The molecule has 8 heteroatoms. The molecule has 3 aromatic heterocycles. The number of aryl methyl sites for hydroxylation is 1. The van der Waals surface area contributed by atoms with Gasteiger partial charge in [-0.25, -0.2) is 4.98 Å². The van der Waals surface area contributed by atoms with Crippen LogP contribution in [0.25, 0.3) is 11.4 Å². The Balaban J connectivity index is 1.91. The molecule has 0 amide bonds. The van der Waals surface area contributed by atoms with E-state index in [1.54, 1.807) is 12.4 Å². The average molecular weight is 290 g/mol. The molecule has 0 fully saturated rings. The molecule has 0 saturated carbocycles. The summed E-state index contributed by atoms with van der Waals surface area (Å²) in [5, 5.41) is 9.20. The number of rotatable bonds is 3. The first kappa shape index (κ1) is 12.2. The first-order chi connectivity index (χ1) is 9.24. The van der Waals surface area contributed by atoms with Crippen LogP contribution in [0.4, 0.5) is 0 Å². The fourth-order valence-electron chi connectivity index (χ4n) is 1.55. The quantitative estimate of drug-likeness (QED) is 0.736. The minimum absolute atomic E-state index is 0.782. The van der Waals surface area contributed by atoms with Gasteiger partial charge in [-0.05, 0) is 42.4 Å². The van der Waals surface area contributed by atoms with Crippen molar-refractivity contribution in [3.05, 3.63) is 30.4 Å². The summed E-state index contributed by atoms with van der Waals surface area (Å²) in [6.45, 7) is 1.87. The molecule has 0 aliphatic rings. The van der Waals surface area contributed by atoms with Crippen LogP contribution in [0, 0.1) is 6.92 Å². The minimum atomic E-state index is 0.782. The molecule has 0 aliphatic carbocycles. The number of pyridine rings is 1. The molecule has 0 saturated heterocycles. The maximum Gasteiger partial charge on any atom is 0.198 e. The second kappa shape index (κ2) is 5.06. The van der Waals surface area contributed by atoms with Crippen LogP contribution in [-0.2, 0) is 7.05 Å². The van der Waals surface area contributed by atoms with Gasteiger partial charge in [0.05, 0.1) is 0 Å². The van der Waals surface area contributed by atoms with Crippen LogP contribution < -0.4 is 0 Å². The molecule has 96 valence electrons. The molecule has 3 aromatic rings. The van der Waals surface area contributed by atoms with Gasteiger partial charge in [0.1, 0.15) is 5.82 Å². The van der Waals surface area contributed by atoms with E-state index in [1.807, 2.05) is 30.7 Å². The van der Waals surface area contributed by atoms with E-state index in [4.69, 9.17) is 0 Å². The summed E-state index contributed by atoms with van der Waals surface area (Å²) in [6, 6.07) is 3.82. The molecule has 0 N–H and O–H groups in total. The van der Waals surface area contributed by atoms with E-state index < -0.39 is 0 Å². The number of hydrogen-bond donors (Lipinski definition) is 0. The minimum Gasteiger partial charge on any atom is -0.305 e. The fourth-order valence-corrected chi connectivity index (χ4v) is 3.10. The Kier molecular flexibility index (Phi) is 3.26. The normalized spacial score (nSPS) is 10.8. The van der Waals surface area contributed by atoms with E-state index in [-0.39, 0.29) is 0 Å². The monoisotopic (exact) mass is 290 g/mol. The van der Waals surface area contributed by atoms with Gasteiger partial charge in [0.2, 0.25) is 0 Å². The van der Waals surface area contributed by atoms with E-state index >= 15 is 0 Å². The van der Waals surface area contributed by atoms with Gasteiger partial charge in [-0.1, -0.05) is 0 Å². The standard InChI is InChI=1S/C11H10N6S2/c1-7-13-11(19-16-7)18-10-15-14-9(17(10)2)8-3-5-12-6-4-8/h3-6H,1-2H3. The van der Waals surface area contributed by atoms with Crippen molar-refractivity contribution in [2.45, 2.75) is 16.4 Å². The maximum absolute atomic E-state index is 4.31. The van der Waals surface area contributed by atoms with Crippen molar-refractivity contribution < 1.29 is 0 Å². The summed E-state index contributed by atoms with van der Waals surface area (Å²) in [4.78, 5) is 8.31. The molecule has 3 heterocycles. The Bertz CT molecular complexity index is 690. The third kappa shape index (κ3) is 2.49. The van der Waals surface area contributed by atoms with Gasteiger partial charge >= 0.3 is 0 Å². The highest BCUT2D eigenvalue weighted by Crippen LogP contribution is 2.29. The molecule has 0 aliphatic heterocycles. The van der Waals surface area contributed by atoms with Crippen LogP contribution in [0.2, 0.25) is 0 Å². The Morgan fingerprint density at radius 1 is 1.21 bits per heavy atom. The van der Waals surface area contributed by atoms with Crippen molar-refractivity contribution in [2.75, 3.05) is 0 Å². The molecule has 0 bridgehead atoms. The Morgan fingerprint density at radius 3 is 2.68 bits per heavy atom. The van der Waals surface area contributed by atoms with Crippen LogP contribution in [0.5, 0.6) is 0 Å². The highest BCUT2D eigenvalue weighted by molar-refractivity contribution is 8.00. The summed E-state index contributed by atoms with van der Waals surface area (Å²) in [5.74, 6) is 1.59.